The molecule has 0 radical (unpaired) electrons. The lowest BCUT2D eigenvalue weighted by Gasteiger charge is -2.04. The zero-order chi connectivity index (χ0) is 19.1. The van der Waals surface area contributed by atoms with Crippen molar-refractivity contribution in [3.63, 3.8) is 0 Å². The number of allylic oxidation sites excluding steroid dienone is 1. The number of hydrogen-bond donors (Lipinski definition) is 2. The molecule has 2 N–H and O–H groups in total. The number of aliphatic hydroxyl groups excluding tert-OH is 1. The number of aliphatic hydroxyl groups is 1. The molecule has 3 rings (SSSR count). The number of rotatable bonds is 7. The average Bonchev–Trinajstić information content (AvgIpc) is 2.69. The third kappa shape index (κ3) is 5.50. The monoisotopic (exact) mass is 360 g/mol. The minimum Gasteiger partial charge on any atom is -0.508 e. The molecule has 0 aliphatic heterocycles. The molecule has 0 spiro atoms. The van der Waals surface area contributed by atoms with Gasteiger partial charge in [-0.15, -0.1) is 0 Å². The summed E-state index contributed by atoms with van der Waals surface area (Å²) in [4.78, 5) is 8.87. The Morgan fingerprint density at radius 3 is 2.15 bits per heavy atom. The predicted molar refractivity (Wildman–Crippen MR) is 109 cm³/mol. The number of benzene rings is 2. The first-order valence-corrected chi connectivity index (χ1v) is 9.18. The van der Waals surface area contributed by atoms with Gasteiger partial charge < -0.3 is 10.2 Å². The highest BCUT2D eigenvalue weighted by molar-refractivity contribution is 5.66. The number of nitrogens with zero attached hydrogens (tertiary/aromatic N) is 2. The maximum Gasteiger partial charge on any atom is 0.159 e. The van der Waals surface area contributed by atoms with Crippen molar-refractivity contribution in [2.75, 3.05) is 0 Å². The van der Waals surface area contributed by atoms with Crippen LogP contribution >= 0.6 is 0 Å². The molecule has 0 saturated carbocycles. The van der Waals surface area contributed by atoms with Crippen LogP contribution in [0.4, 0.5) is 0 Å². The number of phenols is 1. The van der Waals surface area contributed by atoms with Gasteiger partial charge in [-0.3, -0.25) is 0 Å². The van der Waals surface area contributed by atoms with Gasteiger partial charge in [-0.1, -0.05) is 36.4 Å². The van der Waals surface area contributed by atoms with Crippen LogP contribution in [0.2, 0.25) is 0 Å². The summed E-state index contributed by atoms with van der Waals surface area (Å²) < 4.78 is 0. The Hall–Kier alpha value is -2.98. The summed E-state index contributed by atoms with van der Waals surface area (Å²) in [7, 11) is 0. The molecule has 1 aromatic heterocycles. The molecule has 138 valence electrons. The Morgan fingerprint density at radius 1 is 0.889 bits per heavy atom. The number of phenolic OH excluding ortho intramolecular Hbond substituents is 1. The second kappa shape index (κ2) is 9.10. The van der Waals surface area contributed by atoms with Gasteiger partial charge in [-0.2, -0.15) is 0 Å². The van der Waals surface area contributed by atoms with Gasteiger partial charge >= 0.3 is 0 Å². The van der Waals surface area contributed by atoms with Crippen LogP contribution in [0.5, 0.6) is 5.75 Å². The maximum absolute atomic E-state index is 9.37. The number of aromatic nitrogens is 2. The van der Waals surface area contributed by atoms with Crippen molar-refractivity contribution < 1.29 is 10.2 Å². The van der Waals surface area contributed by atoms with Crippen LogP contribution in [0.3, 0.4) is 0 Å². The van der Waals surface area contributed by atoms with Crippen molar-refractivity contribution in [3.05, 3.63) is 72.6 Å². The molecular weight excluding hydrogens is 336 g/mol. The maximum atomic E-state index is 9.37. The van der Waals surface area contributed by atoms with E-state index >= 15 is 0 Å². The minimum atomic E-state index is -0.222. The standard InChI is InChI=1S/C23H24N2O2/c1-17(26)5-3-2-4-6-18-7-9-19(10-8-18)21-15-24-23(25-16-21)20-11-13-22(27)14-12-20/h4,6-17,26-27H,2-3,5H2,1H3. The number of aromatic hydroxyl groups is 1. The predicted octanol–water partition coefficient (Wildman–Crippen LogP) is 5.08. The van der Waals surface area contributed by atoms with Crippen LogP contribution in [-0.4, -0.2) is 26.3 Å². The van der Waals surface area contributed by atoms with Gasteiger partial charge in [0.15, 0.2) is 5.82 Å². The highest BCUT2D eigenvalue weighted by Gasteiger charge is 2.03. The largest absolute Gasteiger partial charge is 0.508 e. The van der Waals surface area contributed by atoms with Gasteiger partial charge in [0.05, 0.1) is 6.10 Å². The summed E-state index contributed by atoms with van der Waals surface area (Å²) >= 11 is 0. The molecule has 27 heavy (non-hydrogen) atoms. The molecule has 1 atom stereocenters. The molecule has 0 bridgehead atoms. The smallest absolute Gasteiger partial charge is 0.159 e. The lowest BCUT2D eigenvalue weighted by atomic mass is 10.1. The zero-order valence-corrected chi connectivity index (χ0v) is 15.4. The highest BCUT2D eigenvalue weighted by atomic mass is 16.3. The highest BCUT2D eigenvalue weighted by Crippen LogP contribution is 2.22. The van der Waals surface area contributed by atoms with Crippen molar-refractivity contribution in [2.45, 2.75) is 32.3 Å². The normalized spacial score (nSPS) is 12.4. The van der Waals surface area contributed by atoms with Crippen LogP contribution in [0.1, 0.15) is 31.7 Å². The molecule has 0 fully saturated rings. The van der Waals surface area contributed by atoms with Crippen molar-refractivity contribution >= 4 is 6.08 Å². The fourth-order valence-corrected chi connectivity index (χ4v) is 2.77. The van der Waals surface area contributed by atoms with Crippen molar-refractivity contribution in [1.29, 1.82) is 0 Å². The van der Waals surface area contributed by atoms with Gasteiger partial charge in [-0.05, 0) is 61.6 Å². The first-order valence-electron chi connectivity index (χ1n) is 9.18. The van der Waals surface area contributed by atoms with E-state index in [-0.39, 0.29) is 11.9 Å². The van der Waals surface area contributed by atoms with E-state index in [9.17, 15) is 10.2 Å². The second-order valence-electron chi connectivity index (χ2n) is 6.65. The van der Waals surface area contributed by atoms with E-state index in [2.05, 4.69) is 46.4 Å². The van der Waals surface area contributed by atoms with Crippen LogP contribution in [0.25, 0.3) is 28.6 Å². The number of unbranched alkanes of at least 4 members (excludes halogenated alkanes) is 1. The zero-order valence-electron chi connectivity index (χ0n) is 15.4. The molecule has 0 saturated heterocycles. The summed E-state index contributed by atoms with van der Waals surface area (Å²) in [6.07, 6.45) is 10.5. The average molecular weight is 360 g/mol. The molecular formula is C23H24N2O2. The fraction of sp³-hybridized carbons (Fsp3) is 0.217. The third-order valence-electron chi connectivity index (χ3n) is 4.32. The van der Waals surface area contributed by atoms with E-state index in [0.29, 0.717) is 5.82 Å². The van der Waals surface area contributed by atoms with Crippen molar-refractivity contribution in [1.82, 2.24) is 9.97 Å². The van der Waals surface area contributed by atoms with E-state index in [1.54, 1.807) is 24.3 Å². The number of hydrogen-bond acceptors (Lipinski definition) is 4. The van der Waals surface area contributed by atoms with Crippen LogP contribution in [0, 0.1) is 0 Å². The molecule has 0 aliphatic carbocycles. The van der Waals surface area contributed by atoms with Gasteiger partial charge in [0.25, 0.3) is 0 Å². The Bertz CT molecular complexity index is 868. The Morgan fingerprint density at radius 2 is 1.52 bits per heavy atom. The van der Waals surface area contributed by atoms with Gasteiger partial charge in [-0.25, -0.2) is 9.97 Å². The molecule has 4 nitrogen and oxygen atoms in total. The van der Waals surface area contributed by atoms with Crippen molar-refractivity contribution in [3.8, 4) is 28.3 Å². The summed E-state index contributed by atoms with van der Waals surface area (Å²) in [5.41, 5.74) is 4.05. The summed E-state index contributed by atoms with van der Waals surface area (Å²) in [5.74, 6) is 0.864. The summed E-state index contributed by atoms with van der Waals surface area (Å²) in [6, 6.07) is 15.1. The quantitative estimate of drug-likeness (QED) is 0.577. The first kappa shape index (κ1) is 18.8. The van der Waals surface area contributed by atoms with E-state index in [4.69, 9.17) is 0 Å². The molecule has 4 heteroatoms. The van der Waals surface area contributed by atoms with Crippen LogP contribution < -0.4 is 0 Å². The molecule has 1 unspecified atom stereocenters. The molecule has 1 heterocycles. The third-order valence-corrected chi connectivity index (χ3v) is 4.32. The summed E-state index contributed by atoms with van der Waals surface area (Å²) in [5, 5.41) is 18.6. The van der Waals surface area contributed by atoms with E-state index < -0.39 is 0 Å². The second-order valence-corrected chi connectivity index (χ2v) is 6.65. The van der Waals surface area contributed by atoms with Gasteiger partial charge in [0, 0.05) is 23.5 Å². The van der Waals surface area contributed by atoms with E-state index in [1.165, 1.54) is 0 Å². The van der Waals surface area contributed by atoms with E-state index in [1.807, 2.05) is 19.3 Å². The van der Waals surface area contributed by atoms with Crippen LogP contribution in [0.15, 0.2) is 67.0 Å². The first-order chi connectivity index (χ1) is 13.1. The fourth-order valence-electron chi connectivity index (χ4n) is 2.77. The molecule has 0 amide bonds. The summed E-state index contributed by atoms with van der Waals surface area (Å²) in [6.45, 7) is 1.82. The van der Waals surface area contributed by atoms with Gasteiger partial charge in [0.1, 0.15) is 5.75 Å². The van der Waals surface area contributed by atoms with Crippen molar-refractivity contribution in [2.24, 2.45) is 0 Å². The van der Waals surface area contributed by atoms with Crippen LogP contribution in [-0.2, 0) is 0 Å². The lowest BCUT2D eigenvalue weighted by Crippen LogP contribution is -1.97. The Balaban J connectivity index is 1.63. The topological polar surface area (TPSA) is 66.2 Å². The minimum absolute atomic E-state index is 0.222. The lowest BCUT2D eigenvalue weighted by molar-refractivity contribution is 0.182. The Labute approximate surface area is 159 Å². The SMILES string of the molecule is CC(O)CCCC=Cc1ccc(-c2cnc(-c3ccc(O)cc3)nc2)cc1. The molecule has 3 aromatic rings. The molecule has 2 aromatic carbocycles. The van der Waals surface area contributed by atoms with Gasteiger partial charge in [0.2, 0.25) is 0 Å². The Kier molecular flexibility index (Phi) is 6.34. The van der Waals surface area contributed by atoms with E-state index in [0.717, 1.165) is 41.5 Å². The molecule has 0 aliphatic rings.